The molecular weight excluding hydrogens is 234 g/mol. The number of hydrogen-bond acceptors (Lipinski definition) is 2. The lowest BCUT2D eigenvalue weighted by atomic mass is 9.72. The standard InChI is InChI=1S/C17H31NO/c1-2-14-6-5-8-16(18,12-14)13-15-7-11-17(19-15)9-3-4-10-17/h14-15H,2-13,18H2,1H3. The van der Waals surface area contributed by atoms with Crippen LogP contribution in [0.1, 0.15) is 84.0 Å². The van der Waals surface area contributed by atoms with Crippen molar-refractivity contribution in [1.29, 1.82) is 0 Å². The minimum Gasteiger partial charge on any atom is -0.372 e. The average Bonchev–Trinajstić information content (AvgIpc) is 3.00. The molecule has 2 N–H and O–H groups in total. The first kappa shape index (κ1) is 13.9. The maximum Gasteiger partial charge on any atom is 0.0687 e. The van der Waals surface area contributed by atoms with Crippen LogP contribution in [0.3, 0.4) is 0 Å². The van der Waals surface area contributed by atoms with Crippen molar-refractivity contribution >= 4 is 0 Å². The van der Waals surface area contributed by atoms with Gasteiger partial charge >= 0.3 is 0 Å². The van der Waals surface area contributed by atoms with E-state index in [1.807, 2.05) is 0 Å². The molecule has 0 aromatic rings. The average molecular weight is 265 g/mol. The Morgan fingerprint density at radius 3 is 2.58 bits per heavy atom. The van der Waals surface area contributed by atoms with E-state index in [0.29, 0.717) is 6.10 Å². The van der Waals surface area contributed by atoms with Gasteiger partial charge in [0.25, 0.3) is 0 Å². The fourth-order valence-corrected chi connectivity index (χ4v) is 4.94. The van der Waals surface area contributed by atoms with Gasteiger partial charge in [-0.25, -0.2) is 0 Å². The molecule has 19 heavy (non-hydrogen) atoms. The smallest absolute Gasteiger partial charge is 0.0687 e. The summed E-state index contributed by atoms with van der Waals surface area (Å²) >= 11 is 0. The lowest BCUT2D eigenvalue weighted by Gasteiger charge is -2.39. The van der Waals surface area contributed by atoms with Gasteiger partial charge in [0.2, 0.25) is 0 Å². The monoisotopic (exact) mass is 265 g/mol. The molecular formula is C17H31NO. The Bertz CT molecular complexity index is 310. The zero-order valence-corrected chi connectivity index (χ0v) is 12.6. The van der Waals surface area contributed by atoms with Crippen molar-refractivity contribution in [2.45, 2.75) is 101 Å². The van der Waals surface area contributed by atoms with Crippen molar-refractivity contribution in [3.8, 4) is 0 Å². The van der Waals surface area contributed by atoms with Crippen LogP contribution in [0.5, 0.6) is 0 Å². The van der Waals surface area contributed by atoms with Crippen LogP contribution >= 0.6 is 0 Å². The molecule has 0 bridgehead atoms. The van der Waals surface area contributed by atoms with Crippen molar-refractivity contribution in [2.75, 3.05) is 0 Å². The van der Waals surface area contributed by atoms with Crippen LogP contribution < -0.4 is 5.73 Å². The summed E-state index contributed by atoms with van der Waals surface area (Å²) in [5, 5.41) is 0. The lowest BCUT2D eigenvalue weighted by Crippen LogP contribution is -2.47. The van der Waals surface area contributed by atoms with E-state index < -0.39 is 0 Å². The van der Waals surface area contributed by atoms with Crippen LogP contribution in [0.15, 0.2) is 0 Å². The van der Waals surface area contributed by atoms with Crippen LogP contribution in [0.4, 0.5) is 0 Å². The summed E-state index contributed by atoms with van der Waals surface area (Å²) in [4.78, 5) is 0. The second-order valence-electron chi connectivity index (χ2n) is 7.61. The normalized spacial score (nSPS) is 42.0. The molecule has 3 aliphatic rings. The molecule has 1 spiro atoms. The molecule has 0 amide bonds. The second-order valence-corrected chi connectivity index (χ2v) is 7.61. The quantitative estimate of drug-likeness (QED) is 0.831. The van der Waals surface area contributed by atoms with Gasteiger partial charge in [0.15, 0.2) is 0 Å². The maximum atomic E-state index is 6.71. The molecule has 2 aliphatic carbocycles. The van der Waals surface area contributed by atoms with Crippen molar-refractivity contribution in [3.05, 3.63) is 0 Å². The summed E-state index contributed by atoms with van der Waals surface area (Å²) in [6.07, 6.45) is 16.0. The van der Waals surface area contributed by atoms with Gasteiger partial charge in [0, 0.05) is 5.54 Å². The SMILES string of the molecule is CCC1CCCC(N)(CC2CCC3(CCCC3)O2)C1. The van der Waals surface area contributed by atoms with Gasteiger partial charge in [-0.2, -0.15) is 0 Å². The van der Waals surface area contributed by atoms with Gasteiger partial charge in [-0.3, -0.25) is 0 Å². The Morgan fingerprint density at radius 2 is 1.84 bits per heavy atom. The van der Waals surface area contributed by atoms with Crippen molar-refractivity contribution in [1.82, 2.24) is 0 Å². The van der Waals surface area contributed by atoms with Crippen molar-refractivity contribution in [3.63, 3.8) is 0 Å². The highest BCUT2D eigenvalue weighted by Gasteiger charge is 2.44. The summed E-state index contributed by atoms with van der Waals surface area (Å²) in [6.45, 7) is 2.32. The highest BCUT2D eigenvalue weighted by Crippen LogP contribution is 2.46. The first-order chi connectivity index (χ1) is 9.13. The van der Waals surface area contributed by atoms with Gasteiger partial charge in [0.05, 0.1) is 11.7 Å². The molecule has 3 fully saturated rings. The third-order valence-corrected chi connectivity index (χ3v) is 6.05. The van der Waals surface area contributed by atoms with Crippen LogP contribution in [0.25, 0.3) is 0 Å². The van der Waals surface area contributed by atoms with Gasteiger partial charge in [0.1, 0.15) is 0 Å². The summed E-state index contributed by atoms with van der Waals surface area (Å²) < 4.78 is 6.47. The maximum absolute atomic E-state index is 6.71. The molecule has 3 rings (SSSR count). The van der Waals surface area contributed by atoms with E-state index in [1.165, 1.54) is 70.6 Å². The Hall–Kier alpha value is -0.0800. The number of ether oxygens (including phenoxy) is 1. The molecule has 1 aliphatic heterocycles. The zero-order chi connectivity index (χ0) is 13.3. The summed E-state index contributed by atoms with van der Waals surface area (Å²) in [5.74, 6) is 0.862. The molecule has 2 nitrogen and oxygen atoms in total. The summed E-state index contributed by atoms with van der Waals surface area (Å²) in [6, 6.07) is 0. The zero-order valence-electron chi connectivity index (χ0n) is 12.6. The van der Waals surface area contributed by atoms with Gasteiger partial charge < -0.3 is 10.5 Å². The van der Waals surface area contributed by atoms with Crippen LogP contribution in [0, 0.1) is 5.92 Å². The fraction of sp³-hybridized carbons (Fsp3) is 1.00. The number of hydrogen-bond donors (Lipinski definition) is 1. The molecule has 1 heterocycles. The third kappa shape index (κ3) is 3.00. The number of rotatable bonds is 3. The van der Waals surface area contributed by atoms with Crippen LogP contribution in [-0.4, -0.2) is 17.2 Å². The molecule has 3 atom stereocenters. The highest BCUT2D eigenvalue weighted by molar-refractivity contribution is 4.98. The molecule has 0 aromatic heterocycles. The summed E-state index contributed by atoms with van der Waals surface area (Å²) in [7, 11) is 0. The topological polar surface area (TPSA) is 35.2 Å². The Balaban J connectivity index is 1.56. The van der Waals surface area contributed by atoms with E-state index in [1.54, 1.807) is 0 Å². The van der Waals surface area contributed by atoms with E-state index in [-0.39, 0.29) is 11.1 Å². The fourth-order valence-electron chi connectivity index (χ4n) is 4.94. The van der Waals surface area contributed by atoms with E-state index in [9.17, 15) is 0 Å². The molecule has 2 saturated carbocycles. The Morgan fingerprint density at radius 1 is 1.05 bits per heavy atom. The Kier molecular flexibility index (Phi) is 3.92. The first-order valence-electron chi connectivity index (χ1n) is 8.60. The molecule has 1 saturated heterocycles. The van der Waals surface area contributed by atoms with E-state index in [4.69, 9.17) is 10.5 Å². The minimum atomic E-state index is 0.0771. The highest BCUT2D eigenvalue weighted by atomic mass is 16.5. The van der Waals surface area contributed by atoms with Gasteiger partial charge in [-0.15, -0.1) is 0 Å². The Labute approximate surface area is 118 Å². The predicted octanol–water partition coefficient (Wildman–Crippen LogP) is 4.17. The predicted molar refractivity (Wildman–Crippen MR) is 79.1 cm³/mol. The third-order valence-electron chi connectivity index (χ3n) is 6.05. The minimum absolute atomic E-state index is 0.0771. The van der Waals surface area contributed by atoms with Gasteiger partial charge in [-0.1, -0.05) is 39.0 Å². The van der Waals surface area contributed by atoms with E-state index in [0.717, 1.165) is 12.3 Å². The molecule has 3 unspecified atom stereocenters. The summed E-state index contributed by atoms with van der Waals surface area (Å²) in [5.41, 5.74) is 7.07. The first-order valence-corrected chi connectivity index (χ1v) is 8.60. The van der Waals surface area contributed by atoms with Gasteiger partial charge in [-0.05, 0) is 50.9 Å². The second kappa shape index (κ2) is 5.37. The van der Waals surface area contributed by atoms with E-state index >= 15 is 0 Å². The van der Waals surface area contributed by atoms with Crippen molar-refractivity contribution in [2.24, 2.45) is 11.7 Å². The number of nitrogens with two attached hydrogens (primary N) is 1. The molecule has 2 heteroatoms. The lowest BCUT2D eigenvalue weighted by molar-refractivity contribution is -0.0495. The van der Waals surface area contributed by atoms with Crippen molar-refractivity contribution < 1.29 is 4.74 Å². The largest absolute Gasteiger partial charge is 0.372 e. The molecule has 0 radical (unpaired) electrons. The van der Waals surface area contributed by atoms with Crippen LogP contribution in [-0.2, 0) is 4.74 Å². The van der Waals surface area contributed by atoms with E-state index in [2.05, 4.69) is 6.92 Å². The molecule has 0 aromatic carbocycles. The molecule has 110 valence electrons. The van der Waals surface area contributed by atoms with Crippen LogP contribution in [0.2, 0.25) is 0 Å².